The minimum Gasteiger partial charge on any atom is -0.478 e. The van der Waals surface area contributed by atoms with Crippen LogP contribution in [-0.2, 0) is 5.88 Å². The number of carbonyl (C=O) groups is 1. The van der Waals surface area contributed by atoms with Gasteiger partial charge in [-0.3, -0.25) is 4.98 Å². The van der Waals surface area contributed by atoms with E-state index in [0.29, 0.717) is 0 Å². The Labute approximate surface area is 89.7 Å². The molecule has 82 valence electrons. The lowest BCUT2D eigenvalue weighted by molar-refractivity contribution is 0.0695. The Morgan fingerprint density at radius 2 is 2.27 bits per heavy atom. The Kier molecular flexibility index (Phi) is 3.57. The number of rotatable bonds is 3. The molecule has 0 aliphatic rings. The molecule has 0 saturated heterocycles. The zero-order valence-corrected chi connectivity index (χ0v) is 8.55. The second-order valence-electron chi connectivity index (χ2n) is 2.89. The van der Waals surface area contributed by atoms with Gasteiger partial charge in [0.25, 0.3) is 6.43 Å². The van der Waals surface area contributed by atoms with E-state index in [1.165, 1.54) is 6.92 Å². The zero-order chi connectivity index (χ0) is 11.6. The molecule has 0 aliphatic heterocycles. The van der Waals surface area contributed by atoms with Gasteiger partial charge < -0.3 is 5.11 Å². The first-order valence-electron chi connectivity index (χ1n) is 4.04. The number of aryl methyl sites for hydroxylation is 1. The summed E-state index contributed by atoms with van der Waals surface area (Å²) in [6.07, 6.45) is -1.73. The smallest absolute Gasteiger partial charge is 0.337 e. The lowest BCUT2D eigenvalue weighted by Crippen LogP contribution is -2.08. The molecule has 0 aromatic carbocycles. The van der Waals surface area contributed by atoms with E-state index >= 15 is 0 Å². The molecule has 1 aromatic heterocycles. The maximum Gasteiger partial charge on any atom is 0.337 e. The summed E-state index contributed by atoms with van der Waals surface area (Å²) in [7, 11) is 0. The normalized spacial score (nSPS) is 10.7. The lowest BCUT2D eigenvalue weighted by Gasteiger charge is -2.11. The first kappa shape index (κ1) is 11.8. The van der Waals surface area contributed by atoms with Gasteiger partial charge in [0.1, 0.15) is 0 Å². The highest BCUT2D eigenvalue weighted by Crippen LogP contribution is 2.28. The standard InChI is InChI=1S/C9H8ClF2NO2/c1-4-7(8(11)12)5(2-10)6(3-13-4)9(14)15/h3,8H,2H2,1H3,(H,14,15). The van der Waals surface area contributed by atoms with Crippen molar-refractivity contribution in [1.29, 1.82) is 0 Å². The zero-order valence-electron chi connectivity index (χ0n) is 7.80. The summed E-state index contributed by atoms with van der Waals surface area (Å²) in [5, 5.41) is 8.75. The average Bonchev–Trinajstić information content (AvgIpc) is 2.15. The SMILES string of the molecule is Cc1ncc(C(=O)O)c(CCl)c1C(F)F. The Morgan fingerprint density at radius 3 is 2.67 bits per heavy atom. The summed E-state index contributed by atoms with van der Waals surface area (Å²) in [6, 6.07) is 0. The summed E-state index contributed by atoms with van der Waals surface area (Å²) in [6.45, 7) is 1.39. The van der Waals surface area contributed by atoms with Gasteiger partial charge in [0, 0.05) is 23.3 Å². The van der Waals surface area contributed by atoms with Gasteiger partial charge in [0.2, 0.25) is 0 Å². The van der Waals surface area contributed by atoms with E-state index in [9.17, 15) is 13.6 Å². The van der Waals surface area contributed by atoms with Crippen molar-refractivity contribution >= 4 is 17.6 Å². The van der Waals surface area contributed by atoms with Gasteiger partial charge in [-0.05, 0) is 12.5 Å². The Morgan fingerprint density at radius 1 is 1.67 bits per heavy atom. The fraction of sp³-hybridized carbons (Fsp3) is 0.333. The summed E-state index contributed by atoms with van der Waals surface area (Å²) in [5.41, 5.74) is -0.617. The highest BCUT2D eigenvalue weighted by atomic mass is 35.5. The van der Waals surface area contributed by atoms with Crippen LogP contribution in [0.1, 0.15) is 33.6 Å². The second-order valence-corrected chi connectivity index (χ2v) is 3.16. The predicted octanol–water partition coefficient (Wildman–Crippen LogP) is 2.76. The van der Waals surface area contributed by atoms with Crippen LogP contribution in [0, 0.1) is 6.92 Å². The molecule has 0 saturated carbocycles. The van der Waals surface area contributed by atoms with Crippen molar-refractivity contribution < 1.29 is 18.7 Å². The number of aromatic carboxylic acids is 1. The van der Waals surface area contributed by atoms with Crippen molar-refractivity contribution in [3.8, 4) is 0 Å². The number of alkyl halides is 3. The van der Waals surface area contributed by atoms with E-state index in [1.54, 1.807) is 0 Å². The molecule has 6 heteroatoms. The monoisotopic (exact) mass is 235 g/mol. The Balaban J connectivity index is 3.47. The largest absolute Gasteiger partial charge is 0.478 e. The van der Waals surface area contributed by atoms with Crippen LogP contribution in [-0.4, -0.2) is 16.1 Å². The van der Waals surface area contributed by atoms with E-state index in [2.05, 4.69) is 4.98 Å². The number of hydrogen-bond acceptors (Lipinski definition) is 2. The van der Waals surface area contributed by atoms with Crippen molar-refractivity contribution in [2.45, 2.75) is 19.2 Å². The first-order valence-corrected chi connectivity index (χ1v) is 4.58. The molecule has 15 heavy (non-hydrogen) atoms. The fourth-order valence-corrected chi connectivity index (χ4v) is 1.58. The van der Waals surface area contributed by atoms with Crippen molar-refractivity contribution in [1.82, 2.24) is 4.98 Å². The number of halogens is 3. The predicted molar refractivity (Wildman–Crippen MR) is 50.4 cm³/mol. The van der Waals surface area contributed by atoms with E-state index in [1.807, 2.05) is 0 Å². The van der Waals surface area contributed by atoms with Crippen LogP contribution in [0.3, 0.4) is 0 Å². The Hall–Kier alpha value is -1.23. The number of carboxylic acids is 1. The van der Waals surface area contributed by atoms with Gasteiger partial charge in [-0.2, -0.15) is 0 Å². The third-order valence-corrected chi connectivity index (χ3v) is 2.28. The van der Waals surface area contributed by atoms with E-state index in [4.69, 9.17) is 16.7 Å². The topological polar surface area (TPSA) is 50.2 Å². The minimum absolute atomic E-state index is 0.0633. The number of pyridine rings is 1. The number of aromatic nitrogens is 1. The van der Waals surface area contributed by atoms with Gasteiger partial charge in [0.15, 0.2) is 0 Å². The van der Waals surface area contributed by atoms with Gasteiger partial charge in [0.05, 0.1) is 5.56 Å². The van der Waals surface area contributed by atoms with Crippen LogP contribution in [0.2, 0.25) is 0 Å². The van der Waals surface area contributed by atoms with E-state index in [-0.39, 0.29) is 28.3 Å². The minimum atomic E-state index is -2.77. The molecule has 1 aromatic rings. The molecule has 0 unspecified atom stereocenters. The van der Waals surface area contributed by atoms with E-state index in [0.717, 1.165) is 6.20 Å². The van der Waals surface area contributed by atoms with Gasteiger partial charge in [-0.15, -0.1) is 11.6 Å². The van der Waals surface area contributed by atoms with Gasteiger partial charge >= 0.3 is 5.97 Å². The fourth-order valence-electron chi connectivity index (χ4n) is 1.29. The molecule has 0 spiro atoms. The molecule has 0 radical (unpaired) electrons. The van der Waals surface area contributed by atoms with Crippen molar-refractivity contribution in [3.05, 3.63) is 28.6 Å². The molecule has 0 amide bonds. The second kappa shape index (κ2) is 4.53. The molecular weight excluding hydrogens is 228 g/mol. The quantitative estimate of drug-likeness (QED) is 0.820. The summed E-state index contributed by atoms with van der Waals surface area (Å²) in [4.78, 5) is 14.3. The number of hydrogen-bond donors (Lipinski definition) is 1. The first-order chi connectivity index (χ1) is 6.99. The highest BCUT2D eigenvalue weighted by molar-refractivity contribution is 6.17. The summed E-state index contributed by atoms with van der Waals surface area (Å²) in [5.74, 6) is -1.58. The third kappa shape index (κ3) is 2.23. The number of carboxylic acid groups (broad SMARTS) is 1. The number of nitrogens with zero attached hydrogens (tertiary/aromatic N) is 1. The van der Waals surface area contributed by atoms with Gasteiger partial charge in [-0.1, -0.05) is 0 Å². The summed E-state index contributed by atoms with van der Waals surface area (Å²) >= 11 is 5.47. The highest BCUT2D eigenvalue weighted by Gasteiger charge is 2.22. The maximum atomic E-state index is 12.6. The van der Waals surface area contributed by atoms with Crippen molar-refractivity contribution in [2.75, 3.05) is 0 Å². The van der Waals surface area contributed by atoms with Crippen molar-refractivity contribution in [2.24, 2.45) is 0 Å². The Bertz CT molecular complexity index is 396. The third-order valence-electron chi connectivity index (χ3n) is 2.01. The lowest BCUT2D eigenvalue weighted by atomic mass is 10.0. The maximum absolute atomic E-state index is 12.6. The van der Waals surface area contributed by atoms with Crippen LogP contribution >= 0.6 is 11.6 Å². The molecule has 0 atom stereocenters. The molecule has 3 nitrogen and oxygen atoms in total. The molecule has 0 bridgehead atoms. The van der Waals surface area contributed by atoms with Crippen LogP contribution < -0.4 is 0 Å². The molecule has 1 heterocycles. The van der Waals surface area contributed by atoms with Gasteiger partial charge in [-0.25, -0.2) is 13.6 Å². The van der Waals surface area contributed by atoms with Crippen LogP contribution in [0.25, 0.3) is 0 Å². The molecule has 1 rings (SSSR count). The summed E-state index contributed by atoms with van der Waals surface area (Å²) < 4.78 is 25.3. The molecule has 0 aliphatic carbocycles. The molecule has 1 N–H and O–H groups in total. The van der Waals surface area contributed by atoms with Crippen LogP contribution in [0.15, 0.2) is 6.20 Å². The van der Waals surface area contributed by atoms with E-state index < -0.39 is 12.4 Å². The van der Waals surface area contributed by atoms with Crippen LogP contribution in [0.5, 0.6) is 0 Å². The molecule has 0 fully saturated rings. The van der Waals surface area contributed by atoms with Crippen molar-refractivity contribution in [3.63, 3.8) is 0 Å². The molecular formula is C9H8ClF2NO2. The average molecular weight is 236 g/mol. The van der Waals surface area contributed by atoms with Crippen LogP contribution in [0.4, 0.5) is 8.78 Å².